The minimum Gasteiger partial charge on any atom is -0.494 e. The first-order valence-corrected chi connectivity index (χ1v) is 8.08. The van der Waals surface area contributed by atoms with Crippen molar-refractivity contribution in [2.75, 3.05) is 13.7 Å². The van der Waals surface area contributed by atoms with Gasteiger partial charge in [0.2, 0.25) is 0 Å². The molecule has 2 amide bonds. The summed E-state index contributed by atoms with van der Waals surface area (Å²) in [6.07, 6.45) is 0. The number of rotatable bonds is 6. The second-order valence-corrected chi connectivity index (χ2v) is 5.84. The summed E-state index contributed by atoms with van der Waals surface area (Å²) in [4.78, 5) is 14.0. The molecular weight excluding hydrogens is 306 g/mol. The number of carbonyl (C=O) groups is 1. The summed E-state index contributed by atoms with van der Waals surface area (Å²) in [6, 6.07) is 7.49. The van der Waals surface area contributed by atoms with Crippen LogP contribution < -0.4 is 10.1 Å². The molecule has 0 aliphatic heterocycles. The maximum atomic E-state index is 12.4. The second-order valence-electron chi connectivity index (χ2n) is 5.84. The van der Waals surface area contributed by atoms with Crippen molar-refractivity contribution in [2.45, 2.75) is 40.3 Å². The predicted molar refractivity (Wildman–Crippen MR) is 92.0 cm³/mol. The molecule has 6 nitrogen and oxygen atoms in total. The fraction of sp³-hybridized carbons (Fsp3) is 0.444. The summed E-state index contributed by atoms with van der Waals surface area (Å²) in [5.74, 6) is 1.55. The molecule has 1 heterocycles. The van der Waals surface area contributed by atoms with E-state index in [0.717, 1.165) is 28.3 Å². The standard InChI is InChI=1S/C18H25N3O3/c1-6-23-16-9-7-8-15(10-16)12(2)19-18(22)21(5)11-17-13(3)20-24-14(17)4/h7-10,12H,6,11H2,1-5H3,(H,19,22)/t12-/m1/s1. The number of urea groups is 1. The number of nitrogens with zero attached hydrogens (tertiary/aromatic N) is 2. The molecule has 1 aromatic heterocycles. The van der Waals surface area contributed by atoms with Gasteiger partial charge < -0.3 is 19.5 Å². The normalized spacial score (nSPS) is 11.9. The van der Waals surface area contributed by atoms with Crippen LogP contribution in [0.2, 0.25) is 0 Å². The van der Waals surface area contributed by atoms with Crippen molar-refractivity contribution in [3.63, 3.8) is 0 Å². The van der Waals surface area contributed by atoms with Gasteiger partial charge in [0, 0.05) is 12.6 Å². The Balaban J connectivity index is 1.99. The minimum atomic E-state index is -0.149. The number of hydrogen-bond acceptors (Lipinski definition) is 4. The largest absolute Gasteiger partial charge is 0.494 e. The zero-order valence-corrected chi connectivity index (χ0v) is 14.9. The van der Waals surface area contributed by atoms with Gasteiger partial charge in [0.25, 0.3) is 0 Å². The van der Waals surface area contributed by atoms with Gasteiger partial charge in [-0.3, -0.25) is 0 Å². The highest BCUT2D eigenvalue weighted by molar-refractivity contribution is 5.74. The highest BCUT2D eigenvalue weighted by atomic mass is 16.5. The molecule has 1 atom stereocenters. The Kier molecular flexibility index (Phi) is 5.84. The number of amides is 2. The van der Waals surface area contributed by atoms with Gasteiger partial charge in [-0.2, -0.15) is 0 Å². The maximum Gasteiger partial charge on any atom is 0.317 e. The van der Waals surface area contributed by atoms with E-state index < -0.39 is 0 Å². The minimum absolute atomic E-state index is 0.120. The molecule has 6 heteroatoms. The summed E-state index contributed by atoms with van der Waals surface area (Å²) in [5.41, 5.74) is 2.75. The molecule has 0 saturated carbocycles. The number of benzene rings is 1. The van der Waals surface area contributed by atoms with Crippen LogP contribution in [0.25, 0.3) is 0 Å². The molecule has 0 unspecified atom stereocenters. The Morgan fingerprint density at radius 1 is 1.42 bits per heavy atom. The average molecular weight is 331 g/mol. The monoisotopic (exact) mass is 331 g/mol. The van der Waals surface area contributed by atoms with Crippen LogP contribution in [0, 0.1) is 13.8 Å². The van der Waals surface area contributed by atoms with Crippen molar-refractivity contribution in [1.29, 1.82) is 0 Å². The third kappa shape index (κ3) is 4.28. The van der Waals surface area contributed by atoms with Crippen molar-refractivity contribution < 1.29 is 14.1 Å². The van der Waals surface area contributed by atoms with E-state index in [1.54, 1.807) is 11.9 Å². The van der Waals surface area contributed by atoms with Crippen LogP contribution in [0.3, 0.4) is 0 Å². The average Bonchev–Trinajstić information content (AvgIpc) is 2.87. The number of nitrogens with one attached hydrogen (secondary N) is 1. The molecule has 0 saturated heterocycles. The van der Waals surface area contributed by atoms with E-state index in [4.69, 9.17) is 9.26 Å². The summed E-state index contributed by atoms with van der Waals surface area (Å²) in [6.45, 7) is 8.69. The van der Waals surface area contributed by atoms with Crippen molar-refractivity contribution in [1.82, 2.24) is 15.4 Å². The molecule has 0 bridgehead atoms. The fourth-order valence-corrected chi connectivity index (χ4v) is 2.46. The quantitative estimate of drug-likeness (QED) is 0.878. The Labute approximate surface area is 142 Å². The highest BCUT2D eigenvalue weighted by Gasteiger charge is 2.17. The molecule has 130 valence electrons. The van der Waals surface area contributed by atoms with Gasteiger partial charge in [-0.1, -0.05) is 17.3 Å². The van der Waals surface area contributed by atoms with Gasteiger partial charge in [-0.05, 0) is 45.4 Å². The van der Waals surface area contributed by atoms with Crippen LogP contribution in [0.4, 0.5) is 4.79 Å². The molecule has 0 aliphatic carbocycles. The highest BCUT2D eigenvalue weighted by Crippen LogP contribution is 2.20. The zero-order valence-electron chi connectivity index (χ0n) is 14.9. The van der Waals surface area contributed by atoms with E-state index >= 15 is 0 Å². The Morgan fingerprint density at radius 2 is 2.17 bits per heavy atom. The van der Waals surface area contributed by atoms with Crippen molar-refractivity contribution in [2.24, 2.45) is 0 Å². The molecule has 0 aliphatic rings. The molecule has 0 radical (unpaired) electrons. The third-order valence-corrected chi connectivity index (χ3v) is 3.93. The Morgan fingerprint density at radius 3 is 2.79 bits per heavy atom. The van der Waals surface area contributed by atoms with Gasteiger partial charge in [-0.15, -0.1) is 0 Å². The summed E-state index contributed by atoms with van der Waals surface area (Å²) in [7, 11) is 1.75. The number of aryl methyl sites for hydroxylation is 2. The van der Waals surface area contributed by atoms with Crippen LogP contribution in [-0.4, -0.2) is 29.7 Å². The number of carbonyl (C=O) groups excluding carboxylic acids is 1. The van der Waals surface area contributed by atoms with Gasteiger partial charge in [0.05, 0.1) is 24.9 Å². The molecule has 0 fully saturated rings. The lowest BCUT2D eigenvalue weighted by atomic mass is 10.1. The molecule has 1 N–H and O–H groups in total. The molecule has 24 heavy (non-hydrogen) atoms. The molecule has 1 aromatic carbocycles. The summed E-state index contributed by atoms with van der Waals surface area (Å²) >= 11 is 0. The molecular formula is C18H25N3O3. The molecule has 2 rings (SSSR count). The topological polar surface area (TPSA) is 67.6 Å². The lowest BCUT2D eigenvalue weighted by Gasteiger charge is -2.22. The van der Waals surface area contributed by atoms with Crippen LogP contribution in [-0.2, 0) is 6.54 Å². The van der Waals surface area contributed by atoms with Gasteiger partial charge in [0.1, 0.15) is 11.5 Å². The maximum absolute atomic E-state index is 12.4. The van der Waals surface area contributed by atoms with Crippen molar-refractivity contribution >= 4 is 6.03 Å². The lowest BCUT2D eigenvalue weighted by molar-refractivity contribution is 0.203. The number of hydrogen-bond donors (Lipinski definition) is 1. The lowest BCUT2D eigenvalue weighted by Crippen LogP contribution is -2.38. The van der Waals surface area contributed by atoms with Crippen LogP contribution in [0.5, 0.6) is 5.75 Å². The SMILES string of the molecule is CCOc1cccc([C@@H](C)NC(=O)N(C)Cc2c(C)noc2C)c1. The van der Waals surface area contributed by atoms with Crippen LogP contribution in [0.15, 0.2) is 28.8 Å². The third-order valence-electron chi connectivity index (χ3n) is 3.93. The Bertz CT molecular complexity index is 677. The number of ether oxygens (including phenoxy) is 1. The fourth-order valence-electron chi connectivity index (χ4n) is 2.46. The molecule has 0 spiro atoms. The summed E-state index contributed by atoms with van der Waals surface area (Å²) in [5, 5.41) is 6.91. The first-order valence-electron chi connectivity index (χ1n) is 8.08. The zero-order chi connectivity index (χ0) is 17.7. The van der Waals surface area contributed by atoms with Gasteiger partial charge in [-0.25, -0.2) is 4.79 Å². The first kappa shape index (κ1) is 17.8. The van der Waals surface area contributed by atoms with E-state index in [-0.39, 0.29) is 12.1 Å². The van der Waals surface area contributed by atoms with Gasteiger partial charge in [0.15, 0.2) is 0 Å². The first-order chi connectivity index (χ1) is 11.4. The Hall–Kier alpha value is -2.50. The second kappa shape index (κ2) is 7.86. The smallest absolute Gasteiger partial charge is 0.317 e. The molecule has 2 aromatic rings. The number of aromatic nitrogens is 1. The van der Waals surface area contributed by atoms with E-state index in [0.29, 0.717) is 13.2 Å². The van der Waals surface area contributed by atoms with Crippen molar-refractivity contribution in [3.8, 4) is 5.75 Å². The van der Waals surface area contributed by atoms with E-state index in [1.165, 1.54) is 0 Å². The van der Waals surface area contributed by atoms with E-state index in [2.05, 4.69) is 10.5 Å². The van der Waals surface area contributed by atoms with E-state index in [9.17, 15) is 4.79 Å². The summed E-state index contributed by atoms with van der Waals surface area (Å²) < 4.78 is 10.6. The van der Waals surface area contributed by atoms with Crippen molar-refractivity contribution in [3.05, 3.63) is 46.8 Å². The van der Waals surface area contributed by atoms with E-state index in [1.807, 2.05) is 52.0 Å². The van der Waals surface area contributed by atoms with Gasteiger partial charge >= 0.3 is 6.03 Å². The van der Waals surface area contributed by atoms with Crippen LogP contribution in [0.1, 0.15) is 42.5 Å². The van der Waals surface area contributed by atoms with Crippen LogP contribution >= 0.6 is 0 Å². The predicted octanol–water partition coefficient (Wildman–Crippen LogP) is 3.59.